The van der Waals surface area contributed by atoms with Crippen molar-refractivity contribution in [1.82, 2.24) is 20.0 Å². The zero-order valence-electron chi connectivity index (χ0n) is 15.6. The largest absolute Gasteiger partial charge is 0.381 e. The van der Waals surface area contributed by atoms with Gasteiger partial charge in [-0.2, -0.15) is 5.10 Å². The van der Waals surface area contributed by atoms with Crippen LogP contribution in [0.3, 0.4) is 0 Å². The molecule has 1 N–H and O–H groups in total. The van der Waals surface area contributed by atoms with Crippen LogP contribution in [0.5, 0.6) is 0 Å². The molecule has 2 saturated heterocycles. The predicted octanol–water partition coefficient (Wildman–Crippen LogP) is 0.862. The van der Waals surface area contributed by atoms with Crippen LogP contribution in [-0.2, 0) is 16.6 Å². The van der Waals surface area contributed by atoms with Crippen LogP contribution in [0.2, 0.25) is 0 Å². The Kier molecular flexibility index (Phi) is 5.96. The van der Waals surface area contributed by atoms with Gasteiger partial charge in [-0.25, -0.2) is 0 Å². The lowest BCUT2D eigenvalue weighted by molar-refractivity contribution is -0.135. The number of aromatic nitrogens is 2. The van der Waals surface area contributed by atoms with Crippen LogP contribution in [0.1, 0.15) is 26.7 Å². The van der Waals surface area contributed by atoms with E-state index < -0.39 is 0 Å². The third-order valence-electron chi connectivity index (χ3n) is 5.22. The summed E-state index contributed by atoms with van der Waals surface area (Å²) in [7, 11) is 1.93. The highest BCUT2D eigenvalue weighted by Gasteiger charge is 2.31. The van der Waals surface area contributed by atoms with Crippen molar-refractivity contribution >= 4 is 11.6 Å². The fourth-order valence-corrected chi connectivity index (χ4v) is 3.62. The van der Waals surface area contributed by atoms with Gasteiger partial charge in [0.25, 0.3) is 0 Å². The first-order valence-electron chi connectivity index (χ1n) is 9.41. The van der Waals surface area contributed by atoms with Crippen molar-refractivity contribution in [2.24, 2.45) is 13.0 Å². The molecular weight excluding hydrogens is 318 g/mol. The maximum Gasteiger partial charge on any atom is 0.240 e. The number of piperazine rings is 1. The number of nitrogens with one attached hydrogen (secondary N) is 1. The summed E-state index contributed by atoms with van der Waals surface area (Å²) in [5.41, 5.74) is 1.13. The molecule has 1 atom stereocenters. The van der Waals surface area contributed by atoms with Gasteiger partial charge in [0.05, 0.1) is 17.9 Å². The van der Waals surface area contributed by atoms with Crippen LogP contribution in [-0.4, -0.2) is 72.1 Å². The Morgan fingerprint density at radius 1 is 1.24 bits per heavy atom. The normalized spacial score (nSPS) is 21.0. The van der Waals surface area contributed by atoms with E-state index in [1.807, 2.05) is 29.0 Å². The summed E-state index contributed by atoms with van der Waals surface area (Å²) in [5.74, 6) is 0.527. The Labute approximate surface area is 150 Å². The molecular formula is C18H31N5O2. The number of carbonyl (C=O) groups excluding carboxylic acids is 1. The molecule has 2 aliphatic rings. The quantitative estimate of drug-likeness (QED) is 0.854. The standard InChI is InChI=1S/C18H31N5O2/c1-14(2)17(20-15-4-10-25-11-5-15)18(24)23-8-6-22(7-9-23)16-12-19-21(3)13-16/h12-15,17,20H,4-11H2,1-3H3. The highest BCUT2D eigenvalue weighted by Crippen LogP contribution is 2.17. The average Bonchev–Trinajstić information content (AvgIpc) is 3.06. The Morgan fingerprint density at radius 2 is 1.92 bits per heavy atom. The van der Waals surface area contributed by atoms with Gasteiger partial charge in [0, 0.05) is 58.7 Å². The number of amides is 1. The number of hydrogen-bond donors (Lipinski definition) is 1. The molecule has 2 aliphatic heterocycles. The van der Waals surface area contributed by atoms with Crippen molar-refractivity contribution in [3.05, 3.63) is 12.4 Å². The molecule has 1 aromatic heterocycles. The van der Waals surface area contributed by atoms with Gasteiger partial charge in [-0.05, 0) is 18.8 Å². The number of aryl methyl sites for hydroxylation is 1. The Hall–Kier alpha value is -1.60. The van der Waals surface area contributed by atoms with Gasteiger partial charge in [0.15, 0.2) is 0 Å². The van der Waals surface area contributed by atoms with Crippen molar-refractivity contribution < 1.29 is 9.53 Å². The van der Waals surface area contributed by atoms with Crippen molar-refractivity contribution in [1.29, 1.82) is 0 Å². The summed E-state index contributed by atoms with van der Waals surface area (Å²) in [6, 6.07) is 0.287. The number of hydrogen-bond acceptors (Lipinski definition) is 5. The Balaban J connectivity index is 1.55. The monoisotopic (exact) mass is 349 g/mol. The summed E-state index contributed by atoms with van der Waals surface area (Å²) in [6.45, 7) is 9.10. The Bertz CT molecular complexity index is 560. The molecule has 1 unspecified atom stereocenters. The van der Waals surface area contributed by atoms with Crippen molar-refractivity contribution in [3.63, 3.8) is 0 Å². The fraction of sp³-hybridized carbons (Fsp3) is 0.778. The summed E-state index contributed by atoms with van der Waals surface area (Å²) >= 11 is 0. The second-order valence-corrected chi connectivity index (χ2v) is 7.46. The van der Waals surface area contributed by atoms with Gasteiger partial charge in [0.2, 0.25) is 5.91 Å². The Morgan fingerprint density at radius 3 is 2.48 bits per heavy atom. The van der Waals surface area contributed by atoms with E-state index in [1.54, 1.807) is 0 Å². The summed E-state index contributed by atoms with van der Waals surface area (Å²) < 4.78 is 7.25. The molecule has 1 aromatic rings. The minimum Gasteiger partial charge on any atom is -0.381 e. The zero-order valence-corrected chi connectivity index (χ0v) is 15.6. The maximum absolute atomic E-state index is 13.1. The first-order chi connectivity index (χ1) is 12.0. The number of anilines is 1. The minimum absolute atomic E-state index is 0.104. The highest BCUT2D eigenvalue weighted by molar-refractivity contribution is 5.82. The third-order valence-corrected chi connectivity index (χ3v) is 5.22. The van der Waals surface area contributed by atoms with Crippen LogP contribution in [0.25, 0.3) is 0 Å². The molecule has 0 spiro atoms. The lowest BCUT2D eigenvalue weighted by atomic mass is 9.99. The molecule has 1 amide bonds. The predicted molar refractivity (Wildman–Crippen MR) is 97.6 cm³/mol. The molecule has 2 fully saturated rings. The molecule has 0 bridgehead atoms. The third kappa shape index (κ3) is 4.52. The van der Waals surface area contributed by atoms with Crippen LogP contribution in [0.4, 0.5) is 5.69 Å². The van der Waals surface area contributed by atoms with Crippen molar-refractivity contribution in [2.45, 2.75) is 38.8 Å². The van der Waals surface area contributed by atoms with E-state index in [2.05, 4.69) is 29.2 Å². The van der Waals surface area contributed by atoms with Gasteiger partial charge in [0.1, 0.15) is 0 Å². The molecule has 25 heavy (non-hydrogen) atoms. The second-order valence-electron chi connectivity index (χ2n) is 7.46. The van der Waals surface area contributed by atoms with E-state index in [-0.39, 0.29) is 17.9 Å². The molecule has 140 valence electrons. The molecule has 0 aromatic carbocycles. The number of carbonyl (C=O) groups is 1. The average molecular weight is 349 g/mol. The van der Waals surface area contributed by atoms with Crippen molar-refractivity contribution in [3.8, 4) is 0 Å². The van der Waals surface area contributed by atoms with E-state index in [0.717, 1.165) is 57.9 Å². The highest BCUT2D eigenvalue weighted by atomic mass is 16.5. The van der Waals surface area contributed by atoms with Gasteiger partial charge in [-0.3, -0.25) is 9.48 Å². The van der Waals surface area contributed by atoms with E-state index in [9.17, 15) is 4.79 Å². The first-order valence-corrected chi connectivity index (χ1v) is 9.41. The molecule has 0 radical (unpaired) electrons. The van der Waals surface area contributed by atoms with Gasteiger partial charge < -0.3 is 19.9 Å². The van der Waals surface area contributed by atoms with Gasteiger partial charge >= 0.3 is 0 Å². The SMILES string of the molecule is CC(C)C(NC1CCOCC1)C(=O)N1CCN(c2cnn(C)c2)CC1. The van der Waals surface area contributed by atoms with Crippen LogP contribution in [0.15, 0.2) is 12.4 Å². The summed E-state index contributed by atoms with van der Waals surface area (Å²) in [6.07, 6.45) is 5.90. The van der Waals surface area contributed by atoms with E-state index >= 15 is 0 Å². The van der Waals surface area contributed by atoms with E-state index in [0.29, 0.717) is 6.04 Å². The molecule has 7 heteroatoms. The topological polar surface area (TPSA) is 62.6 Å². The maximum atomic E-state index is 13.1. The van der Waals surface area contributed by atoms with E-state index in [1.165, 1.54) is 0 Å². The lowest BCUT2D eigenvalue weighted by Gasteiger charge is -2.39. The summed E-state index contributed by atoms with van der Waals surface area (Å²) in [5, 5.41) is 7.84. The molecule has 3 rings (SSSR count). The molecule has 3 heterocycles. The molecule has 0 saturated carbocycles. The van der Waals surface area contributed by atoms with Crippen LogP contribution < -0.4 is 10.2 Å². The van der Waals surface area contributed by atoms with Crippen LogP contribution in [0, 0.1) is 5.92 Å². The minimum atomic E-state index is -0.104. The zero-order chi connectivity index (χ0) is 17.8. The molecule has 7 nitrogen and oxygen atoms in total. The fourth-order valence-electron chi connectivity index (χ4n) is 3.62. The molecule has 0 aliphatic carbocycles. The van der Waals surface area contributed by atoms with Crippen molar-refractivity contribution in [2.75, 3.05) is 44.3 Å². The second kappa shape index (κ2) is 8.19. The van der Waals surface area contributed by atoms with Gasteiger partial charge in [-0.1, -0.05) is 13.8 Å². The number of rotatable bonds is 5. The van der Waals surface area contributed by atoms with Gasteiger partial charge in [-0.15, -0.1) is 0 Å². The number of nitrogens with zero attached hydrogens (tertiary/aromatic N) is 4. The number of ether oxygens (including phenoxy) is 1. The van der Waals surface area contributed by atoms with Crippen LogP contribution >= 0.6 is 0 Å². The van der Waals surface area contributed by atoms with E-state index in [4.69, 9.17) is 4.74 Å². The smallest absolute Gasteiger partial charge is 0.240 e. The lowest BCUT2D eigenvalue weighted by Crippen LogP contribution is -2.57. The summed E-state index contributed by atoms with van der Waals surface area (Å²) in [4.78, 5) is 17.4. The first kappa shape index (κ1) is 18.2.